The number of anilines is 1. The van der Waals surface area contributed by atoms with E-state index < -0.39 is 10.0 Å². The third-order valence-corrected chi connectivity index (χ3v) is 7.46. The van der Waals surface area contributed by atoms with Gasteiger partial charge in [-0.3, -0.25) is 0 Å². The summed E-state index contributed by atoms with van der Waals surface area (Å²) in [6, 6.07) is 11.9. The third kappa shape index (κ3) is 4.59. The molecule has 1 heterocycles. The second-order valence-electron chi connectivity index (χ2n) is 8.02. The molecule has 0 bridgehead atoms. The summed E-state index contributed by atoms with van der Waals surface area (Å²) in [6.45, 7) is 2.47. The predicted molar refractivity (Wildman–Crippen MR) is 116 cm³/mol. The highest BCUT2D eigenvalue weighted by molar-refractivity contribution is 7.89. The van der Waals surface area contributed by atoms with Crippen LogP contribution in [-0.2, 0) is 29.4 Å². The van der Waals surface area contributed by atoms with Crippen molar-refractivity contribution >= 4 is 15.7 Å². The van der Waals surface area contributed by atoms with E-state index in [2.05, 4.69) is 21.8 Å². The molecule has 1 aliphatic heterocycles. The molecule has 2 aromatic rings. The van der Waals surface area contributed by atoms with Gasteiger partial charge in [0.2, 0.25) is 10.0 Å². The van der Waals surface area contributed by atoms with E-state index in [0.717, 1.165) is 49.9 Å². The minimum atomic E-state index is -3.65. The number of benzene rings is 2. The quantitative estimate of drug-likeness (QED) is 0.775. The number of hydrogen-bond donors (Lipinski definition) is 1. The van der Waals surface area contributed by atoms with Crippen molar-refractivity contribution in [3.8, 4) is 5.75 Å². The highest BCUT2D eigenvalue weighted by atomic mass is 32.2. The van der Waals surface area contributed by atoms with Crippen LogP contribution >= 0.6 is 0 Å². The lowest BCUT2D eigenvalue weighted by atomic mass is 9.92. The van der Waals surface area contributed by atoms with Gasteiger partial charge in [0, 0.05) is 25.3 Å². The first-order valence-corrected chi connectivity index (χ1v) is 12.1. The maximum Gasteiger partial charge on any atom is 0.244 e. The average Bonchev–Trinajstić information content (AvgIpc) is 2.78. The third-order valence-electron chi connectivity index (χ3n) is 6.04. The van der Waals surface area contributed by atoms with Crippen LogP contribution in [0.5, 0.6) is 5.75 Å². The van der Waals surface area contributed by atoms with E-state index in [0.29, 0.717) is 5.75 Å². The summed E-state index contributed by atoms with van der Waals surface area (Å²) in [6.07, 6.45) is 7.96. The fraction of sp³-hybridized carbons (Fsp3) is 0.478. The Morgan fingerprint density at radius 3 is 2.24 bits per heavy atom. The van der Waals surface area contributed by atoms with Crippen molar-refractivity contribution in [1.82, 2.24) is 4.72 Å². The van der Waals surface area contributed by atoms with E-state index >= 15 is 0 Å². The first kappa shape index (κ1) is 20.2. The van der Waals surface area contributed by atoms with Crippen LogP contribution in [0.25, 0.3) is 0 Å². The standard InChI is InChI=1S/C23H30N2O3S/c1-28-22-15-19-7-3-4-8-20(19)16-23(22)29(26,27)24-17-18-9-11-21(12-10-18)25-13-5-2-6-14-25/h9-12,15-16,24H,2-8,13-14,17H2,1H3. The largest absolute Gasteiger partial charge is 0.495 e. The van der Waals surface area contributed by atoms with E-state index in [9.17, 15) is 8.42 Å². The lowest BCUT2D eigenvalue weighted by Gasteiger charge is -2.28. The van der Waals surface area contributed by atoms with Gasteiger partial charge in [0.15, 0.2) is 0 Å². The molecule has 6 heteroatoms. The second-order valence-corrected chi connectivity index (χ2v) is 9.75. The number of piperidine rings is 1. The van der Waals surface area contributed by atoms with Gasteiger partial charge < -0.3 is 9.64 Å². The van der Waals surface area contributed by atoms with Gasteiger partial charge in [-0.1, -0.05) is 12.1 Å². The maximum atomic E-state index is 13.0. The molecule has 29 heavy (non-hydrogen) atoms. The van der Waals surface area contributed by atoms with Gasteiger partial charge in [-0.15, -0.1) is 0 Å². The zero-order chi connectivity index (χ0) is 20.3. The van der Waals surface area contributed by atoms with Crippen molar-refractivity contribution < 1.29 is 13.2 Å². The van der Waals surface area contributed by atoms with Crippen LogP contribution in [0.15, 0.2) is 41.3 Å². The number of nitrogens with one attached hydrogen (secondary N) is 1. The van der Waals surface area contributed by atoms with Crippen LogP contribution in [0.1, 0.15) is 48.8 Å². The van der Waals surface area contributed by atoms with Crippen molar-refractivity contribution in [1.29, 1.82) is 0 Å². The Morgan fingerprint density at radius 2 is 1.59 bits per heavy atom. The number of rotatable bonds is 6. The van der Waals surface area contributed by atoms with Crippen LogP contribution < -0.4 is 14.4 Å². The molecule has 156 valence electrons. The van der Waals surface area contributed by atoms with Crippen LogP contribution in [0.3, 0.4) is 0 Å². The van der Waals surface area contributed by atoms with E-state index in [1.165, 1.54) is 37.6 Å². The lowest BCUT2D eigenvalue weighted by molar-refractivity contribution is 0.401. The Balaban J connectivity index is 1.47. The Hall–Kier alpha value is -2.05. The lowest BCUT2D eigenvalue weighted by Crippen LogP contribution is -2.29. The highest BCUT2D eigenvalue weighted by Crippen LogP contribution is 2.32. The monoisotopic (exact) mass is 414 g/mol. The average molecular weight is 415 g/mol. The fourth-order valence-corrected chi connectivity index (χ4v) is 5.56. The Morgan fingerprint density at radius 1 is 0.931 bits per heavy atom. The smallest absolute Gasteiger partial charge is 0.244 e. The molecule has 1 saturated heterocycles. The number of fused-ring (bicyclic) bond motifs is 1. The number of hydrogen-bond acceptors (Lipinski definition) is 4. The first-order valence-electron chi connectivity index (χ1n) is 10.6. The zero-order valence-corrected chi connectivity index (χ0v) is 17.9. The molecule has 1 N–H and O–H groups in total. The van der Waals surface area contributed by atoms with Gasteiger partial charge in [-0.2, -0.15) is 0 Å². The Bertz CT molecular complexity index is 949. The molecule has 5 nitrogen and oxygen atoms in total. The molecule has 0 unspecified atom stereocenters. The molecule has 0 aromatic heterocycles. The number of nitrogens with zero attached hydrogens (tertiary/aromatic N) is 1. The van der Waals surface area contributed by atoms with Crippen molar-refractivity contribution in [2.75, 3.05) is 25.1 Å². The molecule has 0 spiro atoms. The van der Waals surface area contributed by atoms with Gasteiger partial charge in [0.05, 0.1) is 7.11 Å². The molecule has 1 aliphatic carbocycles. The van der Waals surface area contributed by atoms with Crippen LogP contribution in [0, 0.1) is 0 Å². The molecule has 0 saturated carbocycles. The van der Waals surface area contributed by atoms with Gasteiger partial charge >= 0.3 is 0 Å². The van der Waals surface area contributed by atoms with Crippen LogP contribution in [-0.4, -0.2) is 28.6 Å². The van der Waals surface area contributed by atoms with Crippen molar-refractivity contribution in [3.05, 3.63) is 53.1 Å². The summed E-state index contributed by atoms with van der Waals surface area (Å²) in [5.41, 5.74) is 4.50. The molecule has 0 radical (unpaired) electrons. The predicted octanol–water partition coefficient (Wildman–Crippen LogP) is 4.04. The molecule has 1 fully saturated rings. The second kappa shape index (κ2) is 8.76. The van der Waals surface area contributed by atoms with Gasteiger partial charge in [0.1, 0.15) is 10.6 Å². The molecular formula is C23H30N2O3S. The van der Waals surface area contributed by atoms with Gasteiger partial charge in [-0.05, 0) is 85.9 Å². The highest BCUT2D eigenvalue weighted by Gasteiger charge is 2.23. The number of methoxy groups -OCH3 is 1. The minimum absolute atomic E-state index is 0.241. The Kier molecular flexibility index (Phi) is 6.11. The van der Waals surface area contributed by atoms with E-state index in [1.54, 1.807) is 6.07 Å². The SMILES string of the molecule is COc1cc2c(cc1S(=O)(=O)NCc1ccc(N3CCCCC3)cc1)CCCC2. The van der Waals surface area contributed by atoms with Crippen molar-refractivity contribution in [3.63, 3.8) is 0 Å². The summed E-state index contributed by atoms with van der Waals surface area (Å²) in [7, 11) is -2.12. The summed E-state index contributed by atoms with van der Waals surface area (Å²) in [4.78, 5) is 2.64. The van der Waals surface area contributed by atoms with Crippen LogP contribution in [0.2, 0.25) is 0 Å². The summed E-state index contributed by atoms with van der Waals surface area (Å²) < 4.78 is 34.1. The minimum Gasteiger partial charge on any atom is -0.495 e. The van der Waals surface area contributed by atoms with Crippen LogP contribution in [0.4, 0.5) is 5.69 Å². The summed E-state index contributed by atoms with van der Waals surface area (Å²) >= 11 is 0. The summed E-state index contributed by atoms with van der Waals surface area (Å²) in [5, 5.41) is 0. The molecular weight excluding hydrogens is 384 g/mol. The van der Waals surface area contributed by atoms with Crippen molar-refractivity contribution in [2.45, 2.75) is 56.4 Å². The topological polar surface area (TPSA) is 58.6 Å². The van der Waals surface area contributed by atoms with E-state index in [1.807, 2.05) is 18.2 Å². The first-order chi connectivity index (χ1) is 14.1. The van der Waals surface area contributed by atoms with Gasteiger partial charge in [0.25, 0.3) is 0 Å². The normalized spacial score (nSPS) is 17.1. The molecule has 2 aliphatic rings. The van der Waals surface area contributed by atoms with Gasteiger partial charge in [-0.25, -0.2) is 13.1 Å². The number of ether oxygens (including phenoxy) is 1. The molecule has 2 aromatic carbocycles. The molecule has 0 atom stereocenters. The van der Waals surface area contributed by atoms with E-state index in [-0.39, 0.29) is 11.4 Å². The summed E-state index contributed by atoms with van der Waals surface area (Å²) in [5.74, 6) is 0.429. The van der Waals surface area contributed by atoms with Crippen molar-refractivity contribution in [2.24, 2.45) is 0 Å². The fourth-order valence-electron chi connectivity index (χ4n) is 4.34. The zero-order valence-electron chi connectivity index (χ0n) is 17.1. The Labute approximate surface area is 174 Å². The maximum absolute atomic E-state index is 13.0. The number of aryl methyl sites for hydroxylation is 2. The number of sulfonamides is 1. The molecule has 4 rings (SSSR count). The van der Waals surface area contributed by atoms with E-state index in [4.69, 9.17) is 4.74 Å². The molecule has 0 amide bonds.